The Morgan fingerprint density at radius 1 is 1.43 bits per heavy atom. The Hall–Kier alpha value is -1.25. The molecule has 0 amide bonds. The Morgan fingerprint density at radius 3 is 2.79 bits per heavy atom. The molecule has 0 heterocycles. The molecule has 1 aromatic rings. The van der Waals surface area contributed by atoms with Gasteiger partial charge < -0.3 is 10.5 Å². The van der Waals surface area contributed by atoms with E-state index in [9.17, 15) is 4.39 Å². The minimum atomic E-state index is -0.371. The number of benzene rings is 1. The Morgan fingerprint density at radius 2 is 2.21 bits per heavy atom. The van der Waals surface area contributed by atoms with Crippen LogP contribution in [0.25, 0.3) is 0 Å². The van der Waals surface area contributed by atoms with Gasteiger partial charge in [0.2, 0.25) is 0 Å². The zero-order valence-electron chi connectivity index (χ0n) is 8.00. The molecule has 1 fully saturated rings. The quantitative estimate of drug-likeness (QED) is 0.752. The standard InChI is InChI=1S/C11H14FNO/c12-10-6-9(13)4-5-11(10)14-7-8-2-1-3-8/h4-6,8H,1-3,7,13H2. The van der Waals surface area contributed by atoms with Gasteiger partial charge in [0.15, 0.2) is 11.6 Å². The molecule has 14 heavy (non-hydrogen) atoms. The summed E-state index contributed by atoms with van der Waals surface area (Å²) in [5.74, 6) is 0.558. The van der Waals surface area contributed by atoms with Gasteiger partial charge in [-0.3, -0.25) is 0 Å². The Bertz CT molecular complexity index is 323. The Balaban J connectivity index is 1.94. The van der Waals surface area contributed by atoms with E-state index in [-0.39, 0.29) is 5.82 Å². The summed E-state index contributed by atoms with van der Waals surface area (Å²) in [6.07, 6.45) is 3.69. The van der Waals surface area contributed by atoms with E-state index in [1.165, 1.54) is 25.3 Å². The lowest BCUT2D eigenvalue weighted by Gasteiger charge is -2.25. The third-order valence-corrected chi connectivity index (χ3v) is 2.66. The number of nitrogen functional groups attached to an aromatic ring is 1. The van der Waals surface area contributed by atoms with Crippen LogP contribution in [0.15, 0.2) is 18.2 Å². The number of nitrogens with two attached hydrogens (primary N) is 1. The van der Waals surface area contributed by atoms with Crippen molar-refractivity contribution >= 4 is 5.69 Å². The lowest BCUT2D eigenvalue weighted by Crippen LogP contribution is -2.19. The van der Waals surface area contributed by atoms with Crippen LogP contribution in [0.3, 0.4) is 0 Å². The topological polar surface area (TPSA) is 35.2 Å². The largest absolute Gasteiger partial charge is 0.490 e. The second-order valence-electron chi connectivity index (χ2n) is 3.80. The predicted molar refractivity (Wildman–Crippen MR) is 53.6 cm³/mol. The molecular formula is C11H14FNO. The molecule has 0 saturated heterocycles. The summed E-state index contributed by atoms with van der Waals surface area (Å²) in [5.41, 5.74) is 5.85. The summed E-state index contributed by atoms with van der Waals surface area (Å²) in [5, 5.41) is 0. The van der Waals surface area contributed by atoms with E-state index in [4.69, 9.17) is 10.5 Å². The summed E-state index contributed by atoms with van der Waals surface area (Å²) in [6.45, 7) is 0.626. The van der Waals surface area contributed by atoms with Gasteiger partial charge in [-0.2, -0.15) is 0 Å². The average Bonchev–Trinajstić information content (AvgIpc) is 2.05. The van der Waals surface area contributed by atoms with Gasteiger partial charge in [-0.05, 0) is 30.9 Å². The van der Waals surface area contributed by atoms with Crippen LogP contribution < -0.4 is 10.5 Å². The van der Waals surface area contributed by atoms with E-state index in [2.05, 4.69) is 0 Å². The van der Waals surface area contributed by atoms with Gasteiger partial charge in [0.1, 0.15) is 0 Å². The highest BCUT2D eigenvalue weighted by Gasteiger charge is 2.18. The lowest BCUT2D eigenvalue weighted by atomic mass is 9.86. The number of ether oxygens (including phenoxy) is 1. The summed E-state index contributed by atoms with van der Waals surface area (Å²) < 4.78 is 18.6. The first-order valence-corrected chi connectivity index (χ1v) is 4.93. The normalized spacial score (nSPS) is 16.4. The van der Waals surface area contributed by atoms with Crippen molar-refractivity contribution in [1.29, 1.82) is 0 Å². The maximum Gasteiger partial charge on any atom is 0.167 e. The van der Waals surface area contributed by atoms with E-state index in [0.717, 1.165) is 0 Å². The number of anilines is 1. The highest BCUT2D eigenvalue weighted by Crippen LogP contribution is 2.28. The van der Waals surface area contributed by atoms with Gasteiger partial charge in [0.05, 0.1) is 6.61 Å². The monoisotopic (exact) mass is 195 g/mol. The van der Waals surface area contributed by atoms with Crippen molar-refractivity contribution in [2.24, 2.45) is 5.92 Å². The maximum absolute atomic E-state index is 13.2. The number of halogens is 1. The lowest BCUT2D eigenvalue weighted by molar-refractivity contribution is 0.175. The van der Waals surface area contributed by atoms with Crippen LogP contribution in [0.4, 0.5) is 10.1 Å². The summed E-state index contributed by atoms with van der Waals surface area (Å²) in [6, 6.07) is 4.53. The minimum absolute atomic E-state index is 0.311. The summed E-state index contributed by atoms with van der Waals surface area (Å²) >= 11 is 0. The first kappa shape index (κ1) is 9.31. The molecule has 0 spiro atoms. The van der Waals surface area contributed by atoms with Crippen LogP contribution >= 0.6 is 0 Å². The van der Waals surface area contributed by atoms with Gasteiger partial charge in [-0.15, -0.1) is 0 Å². The van der Waals surface area contributed by atoms with Crippen LogP contribution in [0.5, 0.6) is 5.75 Å². The molecule has 0 aromatic heterocycles. The van der Waals surface area contributed by atoms with Gasteiger partial charge in [-0.25, -0.2) is 4.39 Å². The smallest absolute Gasteiger partial charge is 0.167 e. The number of hydrogen-bond acceptors (Lipinski definition) is 2. The van der Waals surface area contributed by atoms with Crippen LogP contribution in [0.1, 0.15) is 19.3 Å². The molecule has 3 heteroatoms. The molecule has 2 rings (SSSR count). The van der Waals surface area contributed by atoms with Crippen molar-refractivity contribution in [2.45, 2.75) is 19.3 Å². The van der Waals surface area contributed by atoms with Gasteiger partial charge in [0, 0.05) is 11.8 Å². The molecule has 0 aliphatic heterocycles. The Kier molecular flexibility index (Phi) is 2.57. The van der Waals surface area contributed by atoms with Gasteiger partial charge >= 0.3 is 0 Å². The molecule has 1 saturated carbocycles. The molecule has 1 aromatic carbocycles. The second-order valence-corrected chi connectivity index (χ2v) is 3.80. The van der Waals surface area contributed by atoms with Crippen molar-refractivity contribution in [3.63, 3.8) is 0 Å². The molecule has 1 aliphatic rings. The van der Waals surface area contributed by atoms with Gasteiger partial charge in [0.25, 0.3) is 0 Å². The van der Waals surface area contributed by atoms with Crippen LogP contribution in [-0.4, -0.2) is 6.61 Å². The van der Waals surface area contributed by atoms with Crippen molar-refractivity contribution in [3.8, 4) is 5.75 Å². The van der Waals surface area contributed by atoms with E-state index in [1.54, 1.807) is 12.1 Å². The van der Waals surface area contributed by atoms with E-state index in [0.29, 0.717) is 24.0 Å². The molecular weight excluding hydrogens is 181 g/mol. The third-order valence-electron chi connectivity index (χ3n) is 2.66. The minimum Gasteiger partial charge on any atom is -0.490 e. The first-order chi connectivity index (χ1) is 6.75. The van der Waals surface area contributed by atoms with E-state index < -0.39 is 0 Å². The molecule has 0 unspecified atom stereocenters. The fourth-order valence-electron chi connectivity index (χ4n) is 1.50. The summed E-state index contributed by atoms with van der Waals surface area (Å²) in [4.78, 5) is 0. The average molecular weight is 195 g/mol. The first-order valence-electron chi connectivity index (χ1n) is 4.93. The Labute approximate surface area is 82.9 Å². The molecule has 1 aliphatic carbocycles. The molecule has 0 atom stereocenters. The fourth-order valence-corrected chi connectivity index (χ4v) is 1.50. The molecule has 76 valence electrons. The zero-order chi connectivity index (χ0) is 9.97. The van der Waals surface area contributed by atoms with Crippen molar-refractivity contribution in [3.05, 3.63) is 24.0 Å². The SMILES string of the molecule is Nc1ccc(OCC2CCC2)c(F)c1. The maximum atomic E-state index is 13.2. The summed E-state index contributed by atoms with van der Waals surface area (Å²) in [7, 11) is 0. The number of rotatable bonds is 3. The molecule has 2 N–H and O–H groups in total. The molecule has 0 bridgehead atoms. The zero-order valence-corrected chi connectivity index (χ0v) is 8.00. The third kappa shape index (κ3) is 1.97. The second kappa shape index (κ2) is 3.86. The van der Waals surface area contributed by atoms with Crippen molar-refractivity contribution in [1.82, 2.24) is 0 Å². The molecule has 2 nitrogen and oxygen atoms in total. The van der Waals surface area contributed by atoms with E-state index >= 15 is 0 Å². The number of hydrogen-bond donors (Lipinski definition) is 1. The predicted octanol–water partition coefficient (Wildman–Crippen LogP) is 2.59. The van der Waals surface area contributed by atoms with Crippen LogP contribution in [0, 0.1) is 11.7 Å². The highest BCUT2D eigenvalue weighted by atomic mass is 19.1. The van der Waals surface area contributed by atoms with Crippen molar-refractivity contribution in [2.75, 3.05) is 12.3 Å². The van der Waals surface area contributed by atoms with Gasteiger partial charge in [-0.1, -0.05) is 6.42 Å². The van der Waals surface area contributed by atoms with Crippen LogP contribution in [0.2, 0.25) is 0 Å². The molecule has 0 radical (unpaired) electrons. The highest BCUT2D eigenvalue weighted by molar-refractivity contribution is 5.42. The van der Waals surface area contributed by atoms with Crippen molar-refractivity contribution < 1.29 is 9.13 Å². The van der Waals surface area contributed by atoms with E-state index in [1.807, 2.05) is 0 Å². The van der Waals surface area contributed by atoms with Crippen LogP contribution in [-0.2, 0) is 0 Å². The fraction of sp³-hybridized carbons (Fsp3) is 0.455.